The van der Waals surface area contributed by atoms with Gasteiger partial charge < -0.3 is 5.11 Å². The van der Waals surface area contributed by atoms with Crippen LogP contribution in [0.3, 0.4) is 0 Å². The molecule has 1 nitrogen and oxygen atoms in total. The molecule has 1 aliphatic carbocycles. The van der Waals surface area contributed by atoms with Crippen molar-refractivity contribution in [1.29, 1.82) is 0 Å². The van der Waals surface area contributed by atoms with Crippen LogP contribution < -0.4 is 0 Å². The second kappa shape index (κ2) is 5.83. The van der Waals surface area contributed by atoms with Crippen LogP contribution in [-0.4, -0.2) is 11.2 Å². The molecule has 0 spiro atoms. The van der Waals surface area contributed by atoms with Crippen LogP contribution in [0.4, 0.5) is 0 Å². The van der Waals surface area contributed by atoms with Crippen LogP contribution in [0.1, 0.15) is 38.5 Å². The molecule has 13 heavy (non-hydrogen) atoms. The fourth-order valence-electron chi connectivity index (χ4n) is 1.75. The fourth-order valence-corrected chi connectivity index (χ4v) is 1.75. The first-order chi connectivity index (χ1) is 6.33. The second-order valence-corrected chi connectivity index (χ2v) is 3.72. The van der Waals surface area contributed by atoms with Gasteiger partial charge in [0.2, 0.25) is 0 Å². The lowest BCUT2D eigenvalue weighted by atomic mass is 10.0. The van der Waals surface area contributed by atoms with Crippen LogP contribution in [0.25, 0.3) is 0 Å². The van der Waals surface area contributed by atoms with Gasteiger partial charge in [-0.05, 0) is 18.8 Å². The molecule has 0 saturated heterocycles. The molecule has 0 bridgehead atoms. The molecule has 1 fully saturated rings. The van der Waals surface area contributed by atoms with E-state index in [4.69, 9.17) is 0 Å². The molecule has 1 heteroatoms. The zero-order chi connectivity index (χ0) is 9.52. The first kappa shape index (κ1) is 10.3. The summed E-state index contributed by atoms with van der Waals surface area (Å²) in [6.45, 7) is 3.56. The van der Waals surface area contributed by atoms with Gasteiger partial charge in [0.05, 0.1) is 0 Å². The molecule has 0 aromatic rings. The largest absolute Gasteiger partial charge is 0.380 e. The highest BCUT2D eigenvalue weighted by molar-refractivity contribution is 5.06. The summed E-state index contributed by atoms with van der Waals surface area (Å²) < 4.78 is 0. The standard InChI is InChI=1S/C12H18O/c1-2-6-12(13)10-5-9-11-7-3-4-8-11/h2,11-13H,1,3-4,6-9H2/t12-/m0/s1. The predicted octanol–water partition coefficient (Wildman–Crippen LogP) is 2.51. The maximum absolute atomic E-state index is 9.28. The van der Waals surface area contributed by atoms with Crippen molar-refractivity contribution in [3.05, 3.63) is 12.7 Å². The summed E-state index contributed by atoms with van der Waals surface area (Å²) in [5.74, 6) is 6.70. The van der Waals surface area contributed by atoms with Crippen molar-refractivity contribution in [2.24, 2.45) is 5.92 Å². The Bertz CT molecular complexity index is 203. The van der Waals surface area contributed by atoms with Crippen molar-refractivity contribution in [2.75, 3.05) is 0 Å². The molecule has 1 N–H and O–H groups in total. The molecule has 0 aromatic carbocycles. The summed E-state index contributed by atoms with van der Waals surface area (Å²) in [6, 6.07) is 0. The minimum atomic E-state index is -0.501. The molecule has 0 radical (unpaired) electrons. The van der Waals surface area contributed by atoms with Crippen molar-refractivity contribution >= 4 is 0 Å². The second-order valence-electron chi connectivity index (χ2n) is 3.72. The van der Waals surface area contributed by atoms with Gasteiger partial charge in [0.1, 0.15) is 6.10 Å². The number of hydrogen-bond acceptors (Lipinski definition) is 1. The lowest BCUT2D eigenvalue weighted by molar-refractivity contribution is 0.236. The van der Waals surface area contributed by atoms with Crippen molar-refractivity contribution in [3.8, 4) is 11.8 Å². The van der Waals surface area contributed by atoms with Crippen LogP contribution in [0.15, 0.2) is 12.7 Å². The monoisotopic (exact) mass is 178 g/mol. The van der Waals surface area contributed by atoms with Gasteiger partial charge in [-0.25, -0.2) is 0 Å². The van der Waals surface area contributed by atoms with E-state index < -0.39 is 6.10 Å². The Hall–Kier alpha value is -0.740. The van der Waals surface area contributed by atoms with E-state index in [9.17, 15) is 5.11 Å². The van der Waals surface area contributed by atoms with Gasteiger partial charge in [-0.2, -0.15) is 0 Å². The predicted molar refractivity (Wildman–Crippen MR) is 55.2 cm³/mol. The zero-order valence-electron chi connectivity index (χ0n) is 8.13. The highest BCUT2D eigenvalue weighted by atomic mass is 16.3. The highest BCUT2D eigenvalue weighted by Crippen LogP contribution is 2.26. The Morgan fingerprint density at radius 3 is 2.77 bits per heavy atom. The average molecular weight is 178 g/mol. The summed E-state index contributed by atoms with van der Waals surface area (Å²) in [7, 11) is 0. The quantitative estimate of drug-likeness (QED) is 0.520. The summed E-state index contributed by atoms with van der Waals surface area (Å²) in [5, 5.41) is 9.28. The molecule has 0 aromatic heterocycles. The molecule has 0 amide bonds. The Kier molecular flexibility index (Phi) is 4.64. The molecule has 1 aliphatic rings. The van der Waals surface area contributed by atoms with Gasteiger partial charge in [-0.3, -0.25) is 0 Å². The molecule has 1 rings (SSSR count). The molecule has 0 aliphatic heterocycles. The lowest BCUT2D eigenvalue weighted by Crippen LogP contribution is -2.00. The summed E-state index contributed by atoms with van der Waals surface area (Å²) in [4.78, 5) is 0. The van der Waals surface area contributed by atoms with Crippen molar-refractivity contribution in [3.63, 3.8) is 0 Å². The average Bonchev–Trinajstić information content (AvgIpc) is 2.57. The Labute approximate surface area is 80.9 Å². The van der Waals surface area contributed by atoms with E-state index >= 15 is 0 Å². The number of rotatable bonds is 3. The Balaban J connectivity index is 2.18. The van der Waals surface area contributed by atoms with E-state index in [0.29, 0.717) is 6.42 Å². The van der Waals surface area contributed by atoms with Crippen molar-refractivity contribution < 1.29 is 5.11 Å². The normalized spacial score (nSPS) is 19.2. The Morgan fingerprint density at radius 2 is 2.15 bits per heavy atom. The van der Waals surface area contributed by atoms with Crippen LogP contribution in [0.5, 0.6) is 0 Å². The van der Waals surface area contributed by atoms with E-state index in [1.54, 1.807) is 6.08 Å². The van der Waals surface area contributed by atoms with Crippen LogP contribution in [0, 0.1) is 17.8 Å². The first-order valence-corrected chi connectivity index (χ1v) is 5.10. The van der Waals surface area contributed by atoms with E-state index in [0.717, 1.165) is 12.3 Å². The summed E-state index contributed by atoms with van der Waals surface area (Å²) in [6.07, 6.45) is 8.13. The Morgan fingerprint density at radius 1 is 1.46 bits per heavy atom. The maximum atomic E-state index is 9.28. The highest BCUT2D eigenvalue weighted by Gasteiger charge is 2.12. The molecular weight excluding hydrogens is 160 g/mol. The van der Waals surface area contributed by atoms with E-state index in [1.165, 1.54) is 25.7 Å². The molecule has 1 atom stereocenters. The SMILES string of the molecule is C=CC[C@H](O)C#CCC1CCCC1. The molecular formula is C12H18O. The van der Waals surface area contributed by atoms with Crippen LogP contribution in [-0.2, 0) is 0 Å². The molecule has 72 valence electrons. The third-order valence-electron chi connectivity index (χ3n) is 2.52. The van der Waals surface area contributed by atoms with Crippen molar-refractivity contribution in [1.82, 2.24) is 0 Å². The van der Waals surface area contributed by atoms with Gasteiger partial charge in [-0.1, -0.05) is 24.8 Å². The topological polar surface area (TPSA) is 20.2 Å². The molecule has 0 heterocycles. The van der Waals surface area contributed by atoms with Crippen LogP contribution in [0.2, 0.25) is 0 Å². The first-order valence-electron chi connectivity index (χ1n) is 5.10. The van der Waals surface area contributed by atoms with Gasteiger partial charge >= 0.3 is 0 Å². The third-order valence-corrected chi connectivity index (χ3v) is 2.52. The molecule has 1 saturated carbocycles. The fraction of sp³-hybridized carbons (Fsp3) is 0.667. The lowest BCUT2D eigenvalue weighted by Gasteiger charge is -2.01. The van der Waals surface area contributed by atoms with E-state index in [-0.39, 0.29) is 0 Å². The van der Waals surface area contributed by atoms with E-state index in [1.807, 2.05) is 0 Å². The van der Waals surface area contributed by atoms with E-state index in [2.05, 4.69) is 18.4 Å². The third kappa shape index (κ3) is 4.15. The summed E-state index contributed by atoms with van der Waals surface area (Å²) in [5.41, 5.74) is 0. The number of aliphatic hydroxyl groups is 1. The zero-order valence-corrected chi connectivity index (χ0v) is 8.13. The minimum absolute atomic E-state index is 0.501. The molecule has 0 unspecified atom stereocenters. The van der Waals surface area contributed by atoms with Gasteiger partial charge in [0, 0.05) is 12.8 Å². The smallest absolute Gasteiger partial charge is 0.118 e. The minimum Gasteiger partial charge on any atom is -0.380 e. The van der Waals surface area contributed by atoms with Crippen molar-refractivity contribution in [2.45, 2.75) is 44.6 Å². The maximum Gasteiger partial charge on any atom is 0.118 e. The summed E-state index contributed by atoms with van der Waals surface area (Å²) >= 11 is 0. The van der Waals surface area contributed by atoms with Gasteiger partial charge in [0.25, 0.3) is 0 Å². The number of hydrogen-bond donors (Lipinski definition) is 1. The van der Waals surface area contributed by atoms with Gasteiger partial charge in [-0.15, -0.1) is 12.5 Å². The van der Waals surface area contributed by atoms with Gasteiger partial charge in [0.15, 0.2) is 0 Å². The van der Waals surface area contributed by atoms with Crippen LogP contribution >= 0.6 is 0 Å². The number of aliphatic hydroxyl groups excluding tert-OH is 1.